The Morgan fingerprint density at radius 2 is 1.96 bits per heavy atom. The number of nitrogens with zero attached hydrogens (tertiary/aromatic N) is 6. The van der Waals surface area contributed by atoms with Crippen molar-refractivity contribution < 1.29 is 4.42 Å². The van der Waals surface area contributed by atoms with Gasteiger partial charge in [0.05, 0.1) is 12.2 Å². The monoisotopic (exact) mass is 360 g/mol. The van der Waals surface area contributed by atoms with Gasteiger partial charge in [-0.2, -0.15) is 0 Å². The van der Waals surface area contributed by atoms with Crippen molar-refractivity contribution in [3.8, 4) is 0 Å². The summed E-state index contributed by atoms with van der Waals surface area (Å²) < 4.78 is 5.49. The first-order chi connectivity index (χ1) is 12.2. The van der Waals surface area contributed by atoms with Crippen molar-refractivity contribution in [1.29, 1.82) is 0 Å². The van der Waals surface area contributed by atoms with Gasteiger partial charge in [-0.15, -0.1) is 10.2 Å². The maximum Gasteiger partial charge on any atom is 0.230 e. The average molecular weight is 360 g/mol. The van der Waals surface area contributed by atoms with E-state index in [1.54, 1.807) is 11.8 Å². The molecule has 4 rings (SSSR count). The predicted octanol–water partition coefficient (Wildman–Crippen LogP) is 2.48. The van der Waals surface area contributed by atoms with Crippen LogP contribution < -0.4 is 4.90 Å². The third-order valence-corrected chi connectivity index (χ3v) is 5.59. The van der Waals surface area contributed by atoms with Gasteiger partial charge in [-0.1, -0.05) is 18.2 Å². The normalized spacial score (nSPS) is 19.2. The van der Waals surface area contributed by atoms with E-state index in [1.165, 1.54) is 25.0 Å². The Labute approximate surface area is 152 Å². The summed E-state index contributed by atoms with van der Waals surface area (Å²) in [6, 6.07) is 2.21. The van der Waals surface area contributed by atoms with Crippen LogP contribution in [-0.2, 0) is 6.54 Å². The fourth-order valence-corrected chi connectivity index (χ4v) is 3.71. The second-order valence-corrected chi connectivity index (χ2v) is 7.52. The van der Waals surface area contributed by atoms with Gasteiger partial charge in [0, 0.05) is 45.1 Å². The van der Waals surface area contributed by atoms with E-state index in [2.05, 4.69) is 26.1 Å². The molecule has 0 unspecified atom stereocenters. The van der Waals surface area contributed by atoms with Gasteiger partial charge in [0.25, 0.3) is 0 Å². The number of thioether (sulfide) groups is 1. The largest absolute Gasteiger partial charge is 0.424 e. The molecular formula is C17H24N6OS. The molecule has 0 bridgehead atoms. The van der Waals surface area contributed by atoms with Crippen molar-refractivity contribution in [2.24, 2.45) is 0 Å². The molecule has 1 aliphatic carbocycles. The minimum atomic E-state index is 0.628. The summed E-state index contributed by atoms with van der Waals surface area (Å²) in [5.41, 5.74) is 1.23. The van der Waals surface area contributed by atoms with Crippen LogP contribution >= 0.6 is 11.8 Å². The van der Waals surface area contributed by atoms with Crippen molar-refractivity contribution in [3.05, 3.63) is 23.5 Å². The van der Waals surface area contributed by atoms with Crippen LogP contribution in [0.15, 0.2) is 15.6 Å². The van der Waals surface area contributed by atoms with E-state index in [1.807, 2.05) is 13.2 Å². The van der Waals surface area contributed by atoms with E-state index in [0.717, 1.165) is 43.7 Å². The van der Waals surface area contributed by atoms with E-state index in [9.17, 15) is 0 Å². The molecule has 2 fully saturated rings. The molecule has 2 aliphatic rings. The minimum Gasteiger partial charge on any atom is -0.424 e. The Bertz CT molecular complexity index is 724. The zero-order chi connectivity index (χ0) is 17.2. The molecule has 0 aromatic carbocycles. The first-order valence-electron chi connectivity index (χ1n) is 8.90. The number of hydrogen-bond donors (Lipinski definition) is 0. The molecule has 25 heavy (non-hydrogen) atoms. The average Bonchev–Trinajstić information content (AvgIpc) is 2.98. The van der Waals surface area contributed by atoms with Gasteiger partial charge < -0.3 is 9.32 Å². The maximum absolute atomic E-state index is 5.49. The van der Waals surface area contributed by atoms with Crippen LogP contribution in [0.25, 0.3) is 0 Å². The quantitative estimate of drug-likeness (QED) is 0.595. The molecule has 0 N–H and O–H groups in total. The smallest absolute Gasteiger partial charge is 0.230 e. The van der Waals surface area contributed by atoms with Crippen LogP contribution in [0, 0.1) is 6.92 Å². The van der Waals surface area contributed by atoms with E-state index in [0.29, 0.717) is 17.7 Å². The van der Waals surface area contributed by atoms with Gasteiger partial charge in [0.15, 0.2) is 5.16 Å². The lowest BCUT2D eigenvalue weighted by Gasteiger charge is -2.35. The van der Waals surface area contributed by atoms with Crippen LogP contribution in [0.3, 0.4) is 0 Å². The highest BCUT2D eigenvalue weighted by atomic mass is 32.2. The summed E-state index contributed by atoms with van der Waals surface area (Å²) >= 11 is 1.63. The van der Waals surface area contributed by atoms with Crippen molar-refractivity contribution in [1.82, 2.24) is 25.1 Å². The van der Waals surface area contributed by atoms with Crippen LogP contribution in [0.2, 0.25) is 0 Å². The molecular weight excluding hydrogens is 336 g/mol. The number of hydrogen-bond acceptors (Lipinski definition) is 8. The van der Waals surface area contributed by atoms with Crippen molar-refractivity contribution in [2.45, 2.75) is 43.8 Å². The highest BCUT2D eigenvalue weighted by Crippen LogP contribution is 2.37. The van der Waals surface area contributed by atoms with Crippen LogP contribution in [0.4, 0.5) is 5.82 Å². The van der Waals surface area contributed by atoms with Crippen LogP contribution in [0.1, 0.15) is 42.7 Å². The summed E-state index contributed by atoms with van der Waals surface area (Å²) in [5.74, 6) is 3.04. The fraction of sp³-hybridized carbons (Fsp3) is 0.647. The van der Waals surface area contributed by atoms with Gasteiger partial charge in [-0.3, -0.25) is 4.90 Å². The number of piperazine rings is 1. The molecule has 1 saturated heterocycles. The molecule has 0 radical (unpaired) electrons. The molecule has 134 valence electrons. The minimum absolute atomic E-state index is 0.628. The van der Waals surface area contributed by atoms with Gasteiger partial charge in [0.2, 0.25) is 11.8 Å². The Hall–Kier alpha value is -1.67. The SMILES string of the molecule is CSc1nc(C2CCC2)cc(N2CCN(Cc3nnc(C)o3)CC2)n1. The van der Waals surface area contributed by atoms with Gasteiger partial charge in [-0.05, 0) is 19.1 Å². The van der Waals surface area contributed by atoms with Gasteiger partial charge >= 0.3 is 0 Å². The third-order valence-electron chi connectivity index (χ3n) is 5.04. The highest BCUT2D eigenvalue weighted by Gasteiger charge is 2.25. The van der Waals surface area contributed by atoms with E-state index >= 15 is 0 Å². The second kappa shape index (κ2) is 7.29. The summed E-state index contributed by atoms with van der Waals surface area (Å²) in [5, 5.41) is 8.88. The van der Waals surface area contributed by atoms with Crippen molar-refractivity contribution in [3.63, 3.8) is 0 Å². The lowest BCUT2D eigenvalue weighted by molar-refractivity contribution is 0.224. The first-order valence-corrected chi connectivity index (χ1v) is 10.1. The second-order valence-electron chi connectivity index (χ2n) is 6.74. The Morgan fingerprint density at radius 3 is 2.56 bits per heavy atom. The Balaban J connectivity index is 1.41. The summed E-state index contributed by atoms with van der Waals surface area (Å²) in [6.07, 6.45) is 5.91. The molecule has 0 amide bonds. The zero-order valence-electron chi connectivity index (χ0n) is 14.8. The van der Waals surface area contributed by atoms with E-state index in [-0.39, 0.29) is 0 Å². The topological polar surface area (TPSA) is 71.2 Å². The molecule has 2 aromatic rings. The molecule has 7 nitrogen and oxygen atoms in total. The number of aryl methyl sites for hydroxylation is 1. The van der Waals surface area contributed by atoms with Gasteiger partial charge in [0.1, 0.15) is 5.82 Å². The van der Waals surface area contributed by atoms with E-state index < -0.39 is 0 Å². The molecule has 1 aliphatic heterocycles. The van der Waals surface area contributed by atoms with Crippen LogP contribution in [-0.4, -0.2) is 57.5 Å². The molecule has 8 heteroatoms. The maximum atomic E-state index is 5.49. The molecule has 0 atom stereocenters. The standard InChI is InChI=1S/C17H24N6OS/c1-12-20-21-16(24-12)11-22-6-8-23(9-7-22)15-10-14(13-4-3-5-13)18-17(19-15)25-2/h10,13H,3-9,11H2,1-2H3. The lowest BCUT2D eigenvalue weighted by Crippen LogP contribution is -2.46. The zero-order valence-corrected chi connectivity index (χ0v) is 15.6. The third kappa shape index (κ3) is 3.79. The molecule has 0 spiro atoms. The number of anilines is 1. The summed E-state index contributed by atoms with van der Waals surface area (Å²) in [7, 11) is 0. The highest BCUT2D eigenvalue weighted by molar-refractivity contribution is 7.98. The van der Waals surface area contributed by atoms with Gasteiger partial charge in [-0.25, -0.2) is 9.97 Å². The van der Waals surface area contributed by atoms with Crippen molar-refractivity contribution >= 4 is 17.6 Å². The number of rotatable bonds is 5. The molecule has 3 heterocycles. The first kappa shape index (κ1) is 16.8. The number of aromatic nitrogens is 4. The molecule has 2 aromatic heterocycles. The summed E-state index contributed by atoms with van der Waals surface area (Å²) in [6.45, 7) is 6.41. The van der Waals surface area contributed by atoms with Crippen LogP contribution in [0.5, 0.6) is 0 Å². The summed E-state index contributed by atoms with van der Waals surface area (Å²) in [4.78, 5) is 14.2. The Morgan fingerprint density at radius 1 is 1.16 bits per heavy atom. The Kier molecular flexibility index (Phi) is 4.89. The molecule has 1 saturated carbocycles. The lowest BCUT2D eigenvalue weighted by atomic mass is 9.83. The fourth-order valence-electron chi connectivity index (χ4n) is 3.32. The predicted molar refractivity (Wildman–Crippen MR) is 96.9 cm³/mol. The van der Waals surface area contributed by atoms with Crippen molar-refractivity contribution in [2.75, 3.05) is 37.3 Å². The van der Waals surface area contributed by atoms with E-state index in [4.69, 9.17) is 14.4 Å².